The van der Waals surface area contributed by atoms with E-state index in [9.17, 15) is 20.0 Å². The number of nitrogens with one attached hydrogen (secondary N) is 1. The minimum absolute atomic E-state index is 0.145. The van der Waals surface area contributed by atoms with Gasteiger partial charge in [-0.25, -0.2) is 4.79 Å². The quantitative estimate of drug-likeness (QED) is 0.593. The molecule has 2 rings (SSSR count). The normalized spacial score (nSPS) is 12.5. The van der Waals surface area contributed by atoms with Crippen molar-refractivity contribution in [2.75, 3.05) is 11.9 Å². The number of aromatic nitrogens is 1. The van der Waals surface area contributed by atoms with Crippen LogP contribution >= 0.6 is 11.3 Å². The molecule has 0 radical (unpaired) electrons. The van der Waals surface area contributed by atoms with Crippen molar-refractivity contribution in [1.29, 1.82) is 5.26 Å². The number of esters is 1. The molecule has 0 aliphatic rings. The van der Waals surface area contributed by atoms with Crippen LogP contribution < -0.4 is 20.1 Å². The smallest absolute Gasteiger partial charge is 0.351 e. The molecule has 0 amide bonds. The maximum atomic E-state index is 12.6. The number of hydrogen-bond acceptors (Lipinski definition) is 7. The van der Waals surface area contributed by atoms with Crippen molar-refractivity contribution >= 4 is 34.8 Å². The average Bonchev–Trinajstić information content (AvgIpc) is 2.94. The molecule has 0 aliphatic carbocycles. The van der Waals surface area contributed by atoms with Gasteiger partial charge in [0.1, 0.15) is 21.0 Å². The molecule has 7 nitrogen and oxygen atoms in total. The summed E-state index contributed by atoms with van der Waals surface area (Å²) in [7, 11) is 0. The maximum Gasteiger partial charge on any atom is 0.351 e. The summed E-state index contributed by atoms with van der Waals surface area (Å²) in [6.07, 6.45) is 1.54. The number of hydrogen-bond donors (Lipinski definition) is 2. The second-order valence-electron chi connectivity index (χ2n) is 5.78. The van der Waals surface area contributed by atoms with Gasteiger partial charge in [-0.3, -0.25) is 9.36 Å². The van der Waals surface area contributed by atoms with Crippen LogP contribution in [-0.4, -0.2) is 22.2 Å². The van der Waals surface area contributed by atoms with Crippen molar-refractivity contribution in [3.8, 4) is 11.8 Å². The van der Waals surface area contributed by atoms with E-state index < -0.39 is 5.97 Å². The number of anilines is 1. The van der Waals surface area contributed by atoms with Crippen LogP contribution in [0, 0.1) is 25.2 Å². The van der Waals surface area contributed by atoms with Gasteiger partial charge in [-0.2, -0.15) is 5.26 Å². The van der Waals surface area contributed by atoms with Crippen LogP contribution in [0.4, 0.5) is 5.69 Å². The first-order valence-corrected chi connectivity index (χ1v) is 9.23. The van der Waals surface area contributed by atoms with Crippen molar-refractivity contribution < 1.29 is 14.6 Å². The summed E-state index contributed by atoms with van der Waals surface area (Å²) in [6, 6.07) is 5.37. The molecule has 142 valence electrons. The standard InChI is InChI=1S/C19H21N3O4S/c1-5-22-17(24)15(27-18(22)14(9-20)19(25)26-6-2)10-21-13-7-11(3)16(23)12(4)8-13/h7-8,10,21,23H,5-6H2,1-4H3/b15-10+,18-14-. The molecule has 0 aliphatic heterocycles. The molecule has 0 unspecified atom stereocenters. The van der Waals surface area contributed by atoms with Crippen LogP contribution in [0.1, 0.15) is 25.0 Å². The number of benzene rings is 1. The zero-order valence-electron chi connectivity index (χ0n) is 15.6. The minimum Gasteiger partial charge on any atom is -0.507 e. The number of rotatable bonds is 5. The summed E-state index contributed by atoms with van der Waals surface area (Å²) in [5.41, 5.74) is 1.67. The molecule has 8 heteroatoms. The second kappa shape index (κ2) is 8.56. The van der Waals surface area contributed by atoms with Crippen molar-refractivity contribution in [1.82, 2.24) is 4.57 Å². The molecular formula is C19H21N3O4S. The van der Waals surface area contributed by atoms with Gasteiger partial charge in [0.15, 0.2) is 5.57 Å². The summed E-state index contributed by atoms with van der Waals surface area (Å²) in [4.78, 5) is 24.6. The number of nitriles is 1. The highest BCUT2D eigenvalue weighted by atomic mass is 32.1. The zero-order valence-corrected chi connectivity index (χ0v) is 16.4. The van der Waals surface area contributed by atoms with E-state index >= 15 is 0 Å². The van der Waals surface area contributed by atoms with Crippen LogP contribution in [0.5, 0.6) is 5.75 Å². The Morgan fingerprint density at radius 2 is 2.00 bits per heavy atom. The molecule has 27 heavy (non-hydrogen) atoms. The van der Waals surface area contributed by atoms with Crippen molar-refractivity contribution in [3.05, 3.63) is 42.8 Å². The van der Waals surface area contributed by atoms with E-state index in [0.29, 0.717) is 22.2 Å². The summed E-state index contributed by atoms with van der Waals surface area (Å²) < 4.78 is 6.91. The molecule has 2 aromatic rings. The van der Waals surface area contributed by atoms with E-state index in [1.807, 2.05) is 6.07 Å². The molecule has 0 bridgehead atoms. The fraction of sp³-hybridized carbons (Fsp3) is 0.316. The van der Waals surface area contributed by atoms with Crippen LogP contribution in [0.25, 0.3) is 11.8 Å². The van der Waals surface area contributed by atoms with Crippen LogP contribution in [0.2, 0.25) is 0 Å². The lowest BCUT2D eigenvalue weighted by Crippen LogP contribution is -2.32. The van der Waals surface area contributed by atoms with Gasteiger partial charge in [0, 0.05) is 18.4 Å². The lowest BCUT2D eigenvalue weighted by atomic mass is 10.1. The predicted octanol–water partition coefficient (Wildman–Crippen LogP) is 1.34. The third-order valence-electron chi connectivity index (χ3n) is 3.89. The monoisotopic (exact) mass is 387 g/mol. The van der Waals surface area contributed by atoms with Crippen molar-refractivity contribution in [3.63, 3.8) is 0 Å². The number of carbonyl (C=O) groups excluding carboxylic acids is 1. The van der Waals surface area contributed by atoms with Crippen molar-refractivity contribution in [2.45, 2.75) is 34.2 Å². The number of thiazole rings is 1. The summed E-state index contributed by atoms with van der Waals surface area (Å²) in [5, 5.41) is 22.2. The summed E-state index contributed by atoms with van der Waals surface area (Å²) in [5.74, 6) is -0.511. The van der Waals surface area contributed by atoms with E-state index in [2.05, 4.69) is 5.32 Å². The van der Waals surface area contributed by atoms with E-state index in [-0.39, 0.29) is 28.2 Å². The van der Waals surface area contributed by atoms with E-state index in [4.69, 9.17) is 4.74 Å². The highest BCUT2D eigenvalue weighted by Crippen LogP contribution is 2.25. The first kappa shape index (κ1) is 20.3. The van der Waals surface area contributed by atoms with Crippen LogP contribution in [0.15, 0.2) is 16.9 Å². The summed E-state index contributed by atoms with van der Waals surface area (Å²) in [6.45, 7) is 7.45. The molecule has 1 aromatic carbocycles. The van der Waals surface area contributed by atoms with Gasteiger partial charge in [0.2, 0.25) is 0 Å². The maximum absolute atomic E-state index is 12.6. The Bertz CT molecular complexity index is 1070. The van der Waals surface area contributed by atoms with Gasteiger partial charge >= 0.3 is 5.97 Å². The highest BCUT2D eigenvalue weighted by molar-refractivity contribution is 7.07. The number of phenols is 1. The predicted molar refractivity (Wildman–Crippen MR) is 105 cm³/mol. The van der Waals surface area contributed by atoms with E-state index in [1.54, 1.807) is 39.8 Å². The van der Waals surface area contributed by atoms with Crippen molar-refractivity contribution in [2.24, 2.45) is 0 Å². The second-order valence-corrected chi connectivity index (χ2v) is 6.81. The average molecular weight is 387 g/mol. The summed E-state index contributed by atoms with van der Waals surface area (Å²) >= 11 is 1.05. The fourth-order valence-corrected chi connectivity index (χ4v) is 3.64. The number of carbonyl (C=O) groups is 1. The van der Waals surface area contributed by atoms with E-state index in [1.165, 1.54) is 10.8 Å². The minimum atomic E-state index is -0.743. The Morgan fingerprint density at radius 1 is 1.37 bits per heavy atom. The molecule has 1 heterocycles. The Hall–Kier alpha value is -3.05. The van der Waals surface area contributed by atoms with Gasteiger partial charge in [0.05, 0.1) is 6.61 Å². The van der Waals surface area contributed by atoms with Gasteiger partial charge in [-0.15, -0.1) is 11.3 Å². The third-order valence-corrected chi connectivity index (χ3v) is 5.02. The number of ether oxygens (including phenoxy) is 1. The number of aromatic hydroxyl groups is 1. The van der Waals surface area contributed by atoms with Gasteiger partial charge in [-0.05, 0) is 51.0 Å². The number of nitrogens with zero attached hydrogens (tertiary/aromatic N) is 2. The Morgan fingerprint density at radius 3 is 2.52 bits per heavy atom. The molecule has 1 aromatic heterocycles. The molecule has 2 N–H and O–H groups in total. The lowest BCUT2D eigenvalue weighted by Gasteiger charge is -2.07. The molecule has 0 atom stereocenters. The third kappa shape index (κ3) is 4.20. The Balaban J connectivity index is 2.59. The fourth-order valence-electron chi connectivity index (χ4n) is 2.56. The number of phenolic OH excluding ortho intramolecular Hbond substituents is 1. The molecule has 0 fully saturated rings. The first-order chi connectivity index (χ1) is 12.8. The molecule has 0 saturated carbocycles. The molecular weight excluding hydrogens is 366 g/mol. The largest absolute Gasteiger partial charge is 0.507 e. The van der Waals surface area contributed by atoms with Gasteiger partial charge in [0.25, 0.3) is 5.56 Å². The molecule has 0 saturated heterocycles. The van der Waals surface area contributed by atoms with Gasteiger partial charge in [-0.1, -0.05) is 0 Å². The van der Waals surface area contributed by atoms with E-state index in [0.717, 1.165) is 17.0 Å². The lowest BCUT2D eigenvalue weighted by molar-refractivity contribution is -0.136. The number of aryl methyl sites for hydroxylation is 2. The molecule has 0 spiro atoms. The topological polar surface area (TPSA) is 104 Å². The Kier molecular flexibility index (Phi) is 6.42. The van der Waals surface area contributed by atoms with Crippen LogP contribution in [0.3, 0.4) is 0 Å². The highest BCUT2D eigenvalue weighted by Gasteiger charge is 2.16. The zero-order chi connectivity index (χ0) is 20.1. The SMILES string of the molecule is CCOC(=O)/C(C#N)=c1\s/c(=C/Nc2cc(C)c(O)c(C)c2)c(=O)n1CC. The Labute approximate surface area is 160 Å². The first-order valence-electron chi connectivity index (χ1n) is 8.42. The van der Waals surface area contributed by atoms with Gasteiger partial charge < -0.3 is 15.2 Å². The van der Waals surface area contributed by atoms with Crippen LogP contribution in [-0.2, 0) is 16.1 Å².